The fourth-order valence-corrected chi connectivity index (χ4v) is 2.24. The van der Waals surface area contributed by atoms with Gasteiger partial charge in [0.15, 0.2) is 21.5 Å². The maximum absolute atomic E-state index is 13.5. The van der Waals surface area contributed by atoms with Crippen molar-refractivity contribution in [1.82, 2.24) is 0 Å². The third kappa shape index (κ3) is 2.41. The topological polar surface area (TPSA) is 34.1 Å². The molecule has 2 aromatic carbocycles. The van der Waals surface area contributed by atoms with Crippen molar-refractivity contribution in [2.45, 2.75) is 4.90 Å². The minimum Gasteiger partial charge on any atom is -0.224 e. The van der Waals surface area contributed by atoms with Crippen molar-refractivity contribution in [2.75, 3.05) is 6.26 Å². The highest BCUT2D eigenvalue weighted by Crippen LogP contribution is 2.25. The Hall–Kier alpha value is -1.75. The maximum Gasteiger partial charge on any atom is 0.175 e. The first kappa shape index (κ1) is 12.7. The van der Waals surface area contributed by atoms with E-state index in [9.17, 15) is 17.2 Å². The fourth-order valence-electron chi connectivity index (χ4n) is 1.61. The molecule has 0 aromatic heterocycles. The Bertz CT molecular complexity index is 677. The van der Waals surface area contributed by atoms with Gasteiger partial charge in [-0.05, 0) is 23.8 Å². The van der Waals surface area contributed by atoms with Crippen LogP contribution in [0.5, 0.6) is 0 Å². The Balaban J connectivity index is 2.50. The zero-order chi connectivity index (χ0) is 13.3. The van der Waals surface area contributed by atoms with Crippen molar-refractivity contribution >= 4 is 9.84 Å². The summed E-state index contributed by atoms with van der Waals surface area (Å²) < 4.78 is 49.1. The first-order chi connectivity index (χ1) is 8.39. The SMILES string of the molecule is CS(=O)(=O)c1ccc(-c2cccc(F)c2F)cc1. The molecule has 0 atom stereocenters. The van der Waals surface area contributed by atoms with E-state index in [1.807, 2.05) is 0 Å². The molecule has 0 unspecified atom stereocenters. The van der Waals surface area contributed by atoms with Gasteiger partial charge in [-0.1, -0.05) is 24.3 Å². The van der Waals surface area contributed by atoms with E-state index in [-0.39, 0.29) is 10.5 Å². The highest BCUT2D eigenvalue weighted by atomic mass is 32.2. The lowest BCUT2D eigenvalue weighted by Gasteiger charge is -2.05. The summed E-state index contributed by atoms with van der Waals surface area (Å²) in [7, 11) is -3.29. The summed E-state index contributed by atoms with van der Waals surface area (Å²) in [6.45, 7) is 0. The van der Waals surface area contributed by atoms with E-state index < -0.39 is 21.5 Å². The van der Waals surface area contributed by atoms with E-state index in [0.717, 1.165) is 12.3 Å². The molecule has 0 aliphatic carbocycles. The molecule has 0 heterocycles. The second-order valence-corrected chi connectivity index (χ2v) is 5.91. The van der Waals surface area contributed by atoms with Crippen LogP contribution in [-0.2, 0) is 9.84 Å². The second kappa shape index (κ2) is 4.49. The predicted octanol–water partition coefficient (Wildman–Crippen LogP) is 3.04. The van der Waals surface area contributed by atoms with Crippen molar-refractivity contribution < 1.29 is 17.2 Å². The first-order valence-electron chi connectivity index (χ1n) is 5.14. The van der Waals surface area contributed by atoms with Gasteiger partial charge in [0.25, 0.3) is 0 Å². The van der Waals surface area contributed by atoms with Crippen molar-refractivity contribution in [3.05, 3.63) is 54.1 Å². The zero-order valence-corrected chi connectivity index (χ0v) is 10.3. The molecule has 0 spiro atoms. The quantitative estimate of drug-likeness (QED) is 0.839. The average molecular weight is 268 g/mol. The standard InChI is InChI=1S/C13H10F2O2S/c1-18(16,17)10-7-5-9(6-8-10)11-3-2-4-12(14)13(11)15/h2-8H,1H3. The lowest BCUT2D eigenvalue weighted by molar-refractivity contribution is 0.511. The van der Waals surface area contributed by atoms with Crippen molar-refractivity contribution in [1.29, 1.82) is 0 Å². The van der Waals surface area contributed by atoms with Crippen molar-refractivity contribution in [2.24, 2.45) is 0 Å². The molecule has 5 heteroatoms. The van der Waals surface area contributed by atoms with Gasteiger partial charge in [-0.15, -0.1) is 0 Å². The lowest BCUT2D eigenvalue weighted by atomic mass is 10.1. The molecular formula is C13H10F2O2S. The van der Waals surface area contributed by atoms with Gasteiger partial charge in [-0.25, -0.2) is 17.2 Å². The molecule has 0 saturated carbocycles. The average Bonchev–Trinajstić information content (AvgIpc) is 2.32. The van der Waals surface area contributed by atoms with E-state index in [2.05, 4.69) is 0 Å². The van der Waals surface area contributed by atoms with Crippen LogP contribution in [0, 0.1) is 11.6 Å². The van der Waals surface area contributed by atoms with Crippen LogP contribution in [0.25, 0.3) is 11.1 Å². The Morgan fingerprint density at radius 3 is 2.11 bits per heavy atom. The molecule has 0 aliphatic rings. The summed E-state index contributed by atoms with van der Waals surface area (Å²) in [5.74, 6) is -1.87. The van der Waals surface area contributed by atoms with E-state index >= 15 is 0 Å². The molecular weight excluding hydrogens is 258 g/mol. The Kier molecular flexibility index (Phi) is 3.17. The molecule has 18 heavy (non-hydrogen) atoms. The summed E-state index contributed by atoms with van der Waals surface area (Å²) in [6, 6.07) is 9.52. The number of rotatable bonds is 2. The van der Waals surface area contributed by atoms with Gasteiger partial charge in [-0.2, -0.15) is 0 Å². The van der Waals surface area contributed by atoms with Gasteiger partial charge >= 0.3 is 0 Å². The Labute approximate surface area is 104 Å². The van der Waals surface area contributed by atoms with Crippen LogP contribution in [-0.4, -0.2) is 14.7 Å². The van der Waals surface area contributed by atoms with Crippen LogP contribution in [0.2, 0.25) is 0 Å². The zero-order valence-electron chi connectivity index (χ0n) is 9.52. The molecule has 0 radical (unpaired) electrons. The number of hydrogen-bond acceptors (Lipinski definition) is 2. The molecule has 0 aliphatic heterocycles. The number of sulfone groups is 1. The van der Waals surface area contributed by atoms with Gasteiger partial charge in [0.2, 0.25) is 0 Å². The van der Waals surface area contributed by atoms with Crippen LogP contribution in [0.15, 0.2) is 47.4 Å². The minimum absolute atomic E-state index is 0.107. The molecule has 0 saturated heterocycles. The molecule has 0 amide bonds. The molecule has 2 rings (SSSR count). The van der Waals surface area contributed by atoms with E-state index in [4.69, 9.17) is 0 Å². The van der Waals surface area contributed by atoms with Crippen LogP contribution in [0.1, 0.15) is 0 Å². The predicted molar refractivity (Wildman–Crippen MR) is 64.9 cm³/mol. The minimum atomic E-state index is -3.29. The monoisotopic (exact) mass is 268 g/mol. The van der Waals surface area contributed by atoms with Gasteiger partial charge in [0.1, 0.15) is 0 Å². The largest absolute Gasteiger partial charge is 0.224 e. The van der Waals surface area contributed by atoms with Crippen LogP contribution >= 0.6 is 0 Å². The summed E-state index contributed by atoms with van der Waals surface area (Å²) in [5.41, 5.74) is 0.537. The maximum atomic E-state index is 13.5. The van der Waals surface area contributed by atoms with Gasteiger partial charge in [-0.3, -0.25) is 0 Å². The number of benzene rings is 2. The van der Waals surface area contributed by atoms with Crippen LogP contribution < -0.4 is 0 Å². The molecule has 0 N–H and O–H groups in total. The highest BCUT2D eigenvalue weighted by Gasteiger charge is 2.11. The van der Waals surface area contributed by atoms with Crippen LogP contribution in [0.4, 0.5) is 8.78 Å². The summed E-state index contributed by atoms with van der Waals surface area (Å²) >= 11 is 0. The number of halogens is 2. The second-order valence-electron chi connectivity index (χ2n) is 3.90. The fraction of sp³-hybridized carbons (Fsp3) is 0.0769. The normalized spacial score (nSPS) is 11.5. The molecule has 0 bridgehead atoms. The van der Waals surface area contributed by atoms with Crippen molar-refractivity contribution in [3.63, 3.8) is 0 Å². The van der Waals surface area contributed by atoms with Crippen LogP contribution in [0.3, 0.4) is 0 Å². The van der Waals surface area contributed by atoms with Crippen molar-refractivity contribution in [3.8, 4) is 11.1 Å². The molecule has 2 nitrogen and oxygen atoms in total. The lowest BCUT2D eigenvalue weighted by Crippen LogP contribution is -1.96. The Morgan fingerprint density at radius 1 is 0.944 bits per heavy atom. The number of hydrogen-bond donors (Lipinski definition) is 0. The van der Waals surface area contributed by atoms with Gasteiger partial charge < -0.3 is 0 Å². The van der Waals surface area contributed by atoms with E-state index in [1.165, 1.54) is 36.4 Å². The first-order valence-corrected chi connectivity index (χ1v) is 7.03. The molecule has 2 aromatic rings. The molecule has 0 fully saturated rings. The molecule has 94 valence electrons. The summed E-state index contributed by atoms with van der Waals surface area (Å²) in [4.78, 5) is 0.142. The summed E-state index contributed by atoms with van der Waals surface area (Å²) in [6.07, 6.45) is 1.09. The smallest absolute Gasteiger partial charge is 0.175 e. The third-order valence-corrected chi connectivity index (χ3v) is 3.67. The van der Waals surface area contributed by atoms with Gasteiger partial charge in [0.05, 0.1) is 4.90 Å². The van der Waals surface area contributed by atoms with Gasteiger partial charge in [0, 0.05) is 11.8 Å². The summed E-state index contributed by atoms with van der Waals surface area (Å²) in [5, 5.41) is 0. The highest BCUT2D eigenvalue weighted by molar-refractivity contribution is 7.90. The van der Waals surface area contributed by atoms with E-state index in [1.54, 1.807) is 0 Å². The Morgan fingerprint density at radius 2 is 1.56 bits per heavy atom. The van der Waals surface area contributed by atoms with E-state index in [0.29, 0.717) is 5.56 Å². The third-order valence-electron chi connectivity index (χ3n) is 2.55.